The van der Waals surface area contributed by atoms with E-state index in [0.717, 1.165) is 0 Å². The predicted octanol–water partition coefficient (Wildman–Crippen LogP) is 3.87. The van der Waals surface area contributed by atoms with Crippen LogP contribution in [0.3, 0.4) is 0 Å². The summed E-state index contributed by atoms with van der Waals surface area (Å²) >= 11 is 0. The minimum absolute atomic E-state index is 0.227. The summed E-state index contributed by atoms with van der Waals surface area (Å²) in [5, 5.41) is 8.06. The highest BCUT2D eigenvalue weighted by Gasteiger charge is 2.20. The van der Waals surface area contributed by atoms with Crippen LogP contribution in [0.25, 0.3) is 0 Å². The Hall–Kier alpha value is -4.46. The number of benzene rings is 3. The highest BCUT2D eigenvalue weighted by atomic mass is 16.5. The van der Waals surface area contributed by atoms with Crippen LogP contribution in [0.2, 0.25) is 0 Å². The van der Waals surface area contributed by atoms with E-state index in [0.29, 0.717) is 22.5 Å². The fraction of sp³-hybridized carbons (Fsp3) is 0.154. The molecule has 3 amide bonds. The zero-order valence-corrected chi connectivity index (χ0v) is 18.8. The third-order valence-electron chi connectivity index (χ3n) is 4.86. The van der Waals surface area contributed by atoms with E-state index in [2.05, 4.69) is 16.0 Å². The number of hydrogen-bond donors (Lipinski definition) is 3. The van der Waals surface area contributed by atoms with Crippen molar-refractivity contribution in [2.75, 3.05) is 17.2 Å². The van der Waals surface area contributed by atoms with Crippen molar-refractivity contribution in [3.63, 3.8) is 0 Å². The highest BCUT2D eigenvalue weighted by Crippen LogP contribution is 2.17. The molecule has 0 saturated heterocycles. The van der Waals surface area contributed by atoms with Crippen molar-refractivity contribution in [2.24, 2.45) is 0 Å². The maximum absolute atomic E-state index is 12.8. The number of esters is 1. The molecule has 0 aliphatic rings. The van der Waals surface area contributed by atoms with Crippen molar-refractivity contribution in [2.45, 2.75) is 19.9 Å². The van der Waals surface area contributed by atoms with Gasteiger partial charge in [-0.2, -0.15) is 0 Å². The van der Waals surface area contributed by atoms with E-state index in [4.69, 9.17) is 4.74 Å². The molecular weight excluding hydrogens is 434 g/mol. The highest BCUT2D eigenvalue weighted by molar-refractivity contribution is 6.10. The fourth-order valence-corrected chi connectivity index (χ4v) is 3.07. The van der Waals surface area contributed by atoms with Gasteiger partial charge in [-0.25, -0.2) is 4.79 Å². The lowest BCUT2D eigenvalue weighted by atomic mass is 10.1. The minimum Gasteiger partial charge on any atom is -0.462 e. The summed E-state index contributed by atoms with van der Waals surface area (Å²) in [6.45, 7) is 3.54. The summed E-state index contributed by atoms with van der Waals surface area (Å²) in [5.41, 5.74) is 1.85. The monoisotopic (exact) mass is 459 g/mol. The van der Waals surface area contributed by atoms with E-state index in [1.807, 2.05) is 0 Å². The number of ether oxygens (including phenoxy) is 1. The van der Waals surface area contributed by atoms with Gasteiger partial charge in [0.1, 0.15) is 6.04 Å². The second-order valence-electron chi connectivity index (χ2n) is 7.35. The number of hydrogen-bond acceptors (Lipinski definition) is 5. The second-order valence-corrected chi connectivity index (χ2v) is 7.35. The van der Waals surface area contributed by atoms with E-state index in [9.17, 15) is 19.2 Å². The molecule has 0 bridgehead atoms. The van der Waals surface area contributed by atoms with Gasteiger partial charge in [0.05, 0.1) is 23.4 Å². The maximum atomic E-state index is 12.8. The molecule has 0 aromatic heterocycles. The topological polar surface area (TPSA) is 114 Å². The van der Waals surface area contributed by atoms with Crippen LogP contribution in [0.4, 0.5) is 11.4 Å². The van der Waals surface area contributed by atoms with Crippen LogP contribution in [-0.2, 0) is 9.53 Å². The van der Waals surface area contributed by atoms with Crippen LogP contribution in [0.5, 0.6) is 0 Å². The molecule has 8 nitrogen and oxygen atoms in total. The SMILES string of the molecule is CCOC(=O)c1ccc(NC(=O)[C@@H](C)NC(=O)c2ccccc2NC(=O)c2ccccc2)cc1. The molecule has 3 aromatic rings. The van der Waals surface area contributed by atoms with Crippen molar-refractivity contribution in [3.05, 3.63) is 95.6 Å². The molecule has 0 aliphatic carbocycles. The van der Waals surface area contributed by atoms with Gasteiger partial charge in [-0.15, -0.1) is 0 Å². The molecule has 34 heavy (non-hydrogen) atoms. The molecule has 0 saturated carbocycles. The number of anilines is 2. The molecule has 3 rings (SSSR count). The van der Waals surface area contributed by atoms with Crippen LogP contribution in [0, 0.1) is 0 Å². The van der Waals surface area contributed by atoms with Gasteiger partial charge in [-0.3, -0.25) is 14.4 Å². The first kappa shape index (κ1) is 24.2. The Morgan fingerprint density at radius 2 is 1.41 bits per heavy atom. The first-order chi connectivity index (χ1) is 16.4. The van der Waals surface area contributed by atoms with Crippen molar-refractivity contribution in [1.29, 1.82) is 0 Å². The Balaban J connectivity index is 1.62. The van der Waals surface area contributed by atoms with E-state index >= 15 is 0 Å². The molecule has 0 spiro atoms. The number of rotatable bonds is 8. The zero-order chi connectivity index (χ0) is 24.5. The Morgan fingerprint density at radius 1 is 0.765 bits per heavy atom. The minimum atomic E-state index is -0.866. The Morgan fingerprint density at radius 3 is 2.09 bits per heavy atom. The van der Waals surface area contributed by atoms with Crippen LogP contribution in [0.1, 0.15) is 44.9 Å². The van der Waals surface area contributed by atoms with Gasteiger partial charge in [0.25, 0.3) is 11.8 Å². The van der Waals surface area contributed by atoms with E-state index < -0.39 is 23.8 Å². The van der Waals surface area contributed by atoms with E-state index in [1.165, 1.54) is 0 Å². The van der Waals surface area contributed by atoms with Gasteiger partial charge in [0, 0.05) is 11.3 Å². The average molecular weight is 460 g/mol. The fourth-order valence-electron chi connectivity index (χ4n) is 3.07. The van der Waals surface area contributed by atoms with Gasteiger partial charge in [-0.05, 0) is 62.4 Å². The van der Waals surface area contributed by atoms with Crippen molar-refractivity contribution in [3.8, 4) is 0 Å². The largest absolute Gasteiger partial charge is 0.462 e. The first-order valence-electron chi connectivity index (χ1n) is 10.7. The number of nitrogens with one attached hydrogen (secondary N) is 3. The smallest absolute Gasteiger partial charge is 0.338 e. The molecule has 0 unspecified atom stereocenters. The molecular formula is C26H25N3O5. The van der Waals surface area contributed by atoms with Crippen molar-refractivity contribution in [1.82, 2.24) is 5.32 Å². The Labute approximate surface area is 197 Å². The summed E-state index contributed by atoms with van der Waals surface area (Å²) in [6.07, 6.45) is 0. The van der Waals surface area contributed by atoms with Gasteiger partial charge >= 0.3 is 5.97 Å². The zero-order valence-electron chi connectivity index (χ0n) is 18.8. The quantitative estimate of drug-likeness (QED) is 0.443. The Kier molecular flexibility index (Phi) is 8.12. The molecule has 3 N–H and O–H groups in total. The second kappa shape index (κ2) is 11.4. The van der Waals surface area contributed by atoms with Crippen molar-refractivity contribution < 1.29 is 23.9 Å². The molecule has 0 fully saturated rings. The summed E-state index contributed by atoms with van der Waals surface area (Å²) in [7, 11) is 0. The average Bonchev–Trinajstić information content (AvgIpc) is 2.85. The van der Waals surface area contributed by atoms with Gasteiger partial charge < -0.3 is 20.7 Å². The standard InChI is InChI=1S/C26H25N3O5/c1-3-34-26(33)19-13-15-20(16-14-19)28-23(30)17(2)27-25(32)21-11-7-8-12-22(21)29-24(31)18-9-5-4-6-10-18/h4-17H,3H2,1-2H3,(H,27,32)(H,28,30)(H,29,31)/t17-/m1/s1. The number of carbonyl (C=O) groups is 4. The third-order valence-corrected chi connectivity index (χ3v) is 4.86. The molecule has 8 heteroatoms. The molecule has 0 heterocycles. The number of carbonyl (C=O) groups excluding carboxylic acids is 4. The van der Waals surface area contributed by atoms with E-state index in [-0.39, 0.29) is 18.1 Å². The molecule has 0 radical (unpaired) electrons. The maximum Gasteiger partial charge on any atom is 0.338 e. The molecule has 174 valence electrons. The number of para-hydroxylation sites is 1. The summed E-state index contributed by atoms with van der Waals surface area (Å²) in [6, 6.07) is 20.6. The lowest BCUT2D eigenvalue weighted by Crippen LogP contribution is -2.41. The summed E-state index contributed by atoms with van der Waals surface area (Å²) in [4.78, 5) is 49.6. The predicted molar refractivity (Wildman–Crippen MR) is 129 cm³/mol. The van der Waals surface area contributed by atoms with Crippen LogP contribution >= 0.6 is 0 Å². The van der Waals surface area contributed by atoms with Gasteiger partial charge in [0.15, 0.2) is 0 Å². The molecule has 1 atom stereocenters. The van der Waals surface area contributed by atoms with Crippen molar-refractivity contribution >= 4 is 35.1 Å². The van der Waals surface area contributed by atoms with E-state index in [1.54, 1.807) is 92.7 Å². The third kappa shape index (κ3) is 6.29. The normalized spacial score (nSPS) is 11.1. The van der Waals surface area contributed by atoms with Crippen LogP contribution in [0.15, 0.2) is 78.9 Å². The lowest BCUT2D eigenvalue weighted by Gasteiger charge is -2.16. The molecule has 3 aromatic carbocycles. The summed E-state index contributed by atoms with van der Waals surface area (Å²) < 4.78 is 4.93. The number of amides is 3. The summed E-state index contributed by atoms with van der Waals surface area (Å²) in [5.74, 6) is -1.75. The van der Waals surface area contributed by atoms with Gasteiger partial charge in [0.2, 0.25) is 5.91 Å². The van der Waals surface area contributed by atoms with Crippen LogP contribution in [-0.4, -0.2) is 36.3 Å². The molecule has 0 aliphatic heterocycles. The first-order valence-corrected chi connectivity index (χ1v) is 10.7. The Bertz CT molecular complexity index is 1180. The van der Waals surface area contributed by atoms with Gasteiger partial charge in [-0.1, -0.05) is 30.3 Å². The lowest BCUT2D eigenvalue weighted by molar-refractivity contribution is -0.117. The van der Waals surface area contributed by atoms with Crippen LogP contribution < -0.4 is 16.0 Å².